The van der Waals surface area contributed by atoms with Crippen molar-refractivity contribution in [3.8, 4) is 0 Å². The monoisotopic (exact) mass is 116 g/mol. The summed E-state index contributed by atoms with van der Waals surface area (Å²) in [5, 5.41) is 6.38. The molecule has 3 nitrogen and oxygen atoms in total. The molecule has 1 aliphatic rings. The lowest BCUT2D eigenvalue weighted by molar-refractivity contribution is 0.0625. The molecule has 8 heavy (non-hydrogen) atoms. The topological polar surface area (TPSA) is 33.3 Å². The van der Waals surface area contributed by atoms with E-state index in [9.17, 15) is 0 Å². The van der Waals surface area contributed by atoms with Crippen LogP contribution in [0.15, 0.2) is 0 Å². The molecule has 0 unspecified atom stereocenters. The van der Waals surface area contributed by atoms with Crippen molar-refractivity contribution < 1.29 is 4.74 Å². The Hall–Kier alpha value is -0.120. The highest BCUT2D eigenvalue weighted by Gasteiger charge is 2.08. The molecule has 0 aliphatic carbocycles. The van der Waals surface area contributed by atoms with Gasteiger partial charge in [-0.2, -0.15) is 0 Å². The van der Waals surface area contributed by atoms with Crippen LogP contribution in [-0.2, 0) is 4.74 Å². The van der Waals surface area contributed by atoms with Gasteiger partial charge in [0.15, 0.2) is 0 Å². The summed E-state index contributed by atoms with van der Waals surface area (Å²) in [6, 6.07) is 0. The summed E-state index contributed by atoms with van der Waals surface area (Å²) in [6.45, 7) is 2.99. The molecular weight excluding hydrogens is 104 g/mol. The molecule has 0 spiro atoms. The Morgan fingerprint density at radius 2 is 2.38 bits per heavy atom. The van der Waals surface area contributed by atoms with Gasteiger partial charge in [0.1, 0.15) is 6.23 Å². The second kappa shape index (κ2) is 3.02. The minimum absolute atomic E-state index is 0.226. The minimum atomic E-state index is 0.226. The Kier molecular flexibility index (Phi) is 2.27. The predicted molar refractivity (Wildman–Crippen MR) is 31.7 cm³/mol. The van der Waals surface area contributed by atoms with Crippen molar-refractivity contribution in [3.63, 3.8) is 0 Å². The summed E-state index contributed by atoms with van der Waals surface area (Å²) >= 11 is 0. The quantitative estimate of drug-likeness (QED) is 0.468. The molecule has 48 valence electrons. The Balaban J connectivity index is 2.13. The number of hydrogen-bond donors (Lipinski definition) is 2. The van der Waals surface area contributed by atoms with Crippen molar-refractivity contribution in [2.24, 2.45) is 0 Å². The highest BCUT2D eigenvalue weighted by atomic mass is 16.5. The molecule has 3 heteroatoms. The summed E-state index contributed by atoms with van der Waals surface area (Å²) in [4.78, 5) is 0. The van der Waals surface area contributed by atoms with Gasteiger partial charge < -0.3 is 10.1 Å². The third kappa shape index (κ3) is 1.43. The smallest absolute Gasteiger partial charge is 0.120 e. The molecule has 1 aliphatic heterocycles. The second-order valence-electron chi connectivity index (χ2n) is 1.88. The van der Waals surface area contributed by atoms with E-state index in [1.807, 2.05) is 0 Å². The summed E-state index contributed by atoms with van der Waals surface area (Å²) in [5.41, 5.74) is 0. The molecule has 1 rings (SSSR count). The zero-order chi connectivity index (χ0) is 5.82. The Labute approximate surface area is 49.4 Å². The van der Waals surface area contributed by atoms with Crippen LogP contribution in [0.25, 0.3) is 0 Å². The van der Waals surface area contributed by atoms with E-state index in [1.54, 1.807) is 7.11 Å². The van der Waals surface area contributed by atoms with Crippen LogP contribution in [0.4, 0.5) is 0 Å². The number of ether oxygens (including phenoxy) is 1. The maximum Gasteiger partial charge on any atom is 0.120 e. The fourth-order valence-corrected chi connectivity index (χ4v) is 0.794. The van der Waals surface area contributed by atoms with Crippen LogP contribution in [0, 0.1) is 0 Å². The first-order valence-electron chi connectivity index (χ1n) is 2.90. The second-order valence-corrected chi connectivity index (χ2v) is 1.88. The van der Waals surface area contributed by atoms with E-state index in [0.717, 1.165) is 19.6 Å². The largest absolute Gasteiger partial charge is 0.365 e. The predicted octanol–water partition coefficient (Wildman–Crippen LogP) is -0.848. The molecular formula is C5H12N2O. The average molecular weight is 116 g/mol. The molecule has 0 amide bonds. The van der Waals surface area contributed by atoms with Gasteiger partial charge in [-0.3, -0.25) is 5.32 Å². The standard InChI is InChI=1S/C5H12N2O/c1-8-5-4-6-2-3-7-5/h5-7H,2-4H2,1H3/t5-/m0/s1. The van der Waals surface area contributed by atoms with E-state index in [-0.39, 0.29) is 6.23 Å². The van der Waals surface area contributed by atoms with Gasteiger partial charge in [-0.1, -0.05) is 0 Å². The van der Waals surface area contributed by atoms with Crippen molar-refractivity contribution in [3.05, 3.63) is 0 Å². The molecule has 0 bridgehead atoms. The van der Waals surface area contributed by atoms with Gasteiger partial charge in [-0.15, -0.1) is 0 Å². The van der Waals surface area contributed by atoms with Crippen molar-refractivity contribution in [1.29, 1.82) is 0 Å². The average Bonchev–Trinajstić information content (AvgIpc) is 1.90. The van der Waals surface area contributed by atoms with E-state index in [2.05, 4.69) is 10.6 Å². The van der Waals surface area contributed by atoms with Crippen molar-refractivity contribution >= 4 is 0 Å². The number of methoxy groups -OCH3 is 1. The van der Waals surface area contributed by atoms with Crippen LogP contribution in [0.5, 0.6) is 0 Å². The Morgan fingerprint density at radius 3 is 2.75 bits per heavy atom. The first-order valence-corrected chi connectivity index (χ1v) is 2.90. The van der Waals surface area contributed by atoms with E-state index in [0.29, 0.717) is 0 Å². The number of hydrogen-bond acceptors (Lipinski definition) is 3. The van der Waals surface area contributed by atoms with Crippen molar-refractivity contribution in [2.45, 2.75) is 6.23 Å². The van der Waals surface area contributed by atoms with Crippen LogP contribution in [-0.4, -0.2) is 33.0 Å². The summed E-state index contributed by atoms with van der Waals surface area (Å²) in [7, 11) is 1.71. The van der Waals surface area contributed by atoms with Gasteiger partial charge in [0.25, 0.3) is 0 Å². The third-order valence-corrected chi connectivity index (χ3v) is 1.29. The third-order valence-electron chi connectivity index (χ3n) is 1.29. The molecule has 1 saturated heterocycles. The first kappa shape index (κ1) is 6.01. The minimum Gasteiger partial charge on any atom is -0.365 e. The Bertz CT molecular complexity index is 61.4. The fraction of sp³-hybridized carbons (Fsp3) is 1.00. The molecule has 2 N–H and O–H groups in total. The highest BCUT2D eigenvalue weighted by molar-refractivity contribution is 4.65. The van der Waals surface area contributed by atoms with E-state index >= 15 is 0 Å². The van der Waals surface area contributed by atoms with Crippen LogP contribution >= 0.6 is 0 Å². The van der Waals surface area contributed by atoms with Gasteiger partial charge >= 0.3 is 0 Å². The molecule has 0 aromatic carbocycles. The van der Waals surface area contributed by atoms with Gasteiger partial charge in [0, 0.05) is 26.7 Å². The van der Waals surface area contributed by atoms with Crippen molar-refractivity contribution in [1.82, 2.24) is 10.6 Å². The summed E-state index contributed by atoms with van der Waals surface area (Å²) < 4.78 is 5.02. The maximum atomic E-state index is 5.02. The zero-order valence-corrected chi connectivity index (χ0v) is 5.11. The van der Waals surface area contributed by atoms with E-state index < -0.39 is 0 Å². The lowest BCUT2D eigenvalue weighted by atomic mass is 10.4. The lowest BCUT2D eigenvalue weighted by Gasteiger charge is -2.22. The zero-order valence-electron chi connectivity index (χ0n) is 5.11. The van der Waals surface area contributed by atoms with E-state index in [4.69, 9.17) is 4.74 Å². The van der Waals surface area contributed by atoms with Gasteiger partial charge in [0.2, 0.25) is 0 Å². The van der Waals surface area contributed by atoms with Gasteiger partial charge in [-0.25, -0.2) is 0 Å². The number of nitrogens with one attached hydrogen (secondary N) is 2. The van der Waals surface area contributed by atoms with Gasteiger partial charge in [0.05, 0.1) is 0 Å². The molecule has 0 aromatic rings. The summed E-state index contributed by atoms with van der Waals surface area (Å²) in [6.07, 6.45) is 0.226. The number of rotatable bonds is 1. The molecule has 0 radical (unpaired) electrons. The van der Waals surface area contributed by atoms with Crippen LogP contribution in [0.1, 0.15) is 0 Å². The van der Waals surface area contributed by atoms with E-state index in [1.165, 1.54) is 0 Å². The van der Waals surface area contributed by atoms with Crippen LogP contribution in [0.3, 0.4) is 0 Å². The van der Waals surface area contributed by atoms with Gasteiger partial charge in [-0.05, 0) is 0 Å². The van der Waals surface area contributed by atoms with Crippen molar-refractivity contribution in [2.75, 3.05) is 26.7 Å². The lowest BCUT2D eigenvalue weighted by Crippen LogP contribution is -2.49. The SMILES string of the molecule is CO[C@H]1CNCCN1. The highest BCUT2D eigenvalue weighted by Crippen LogP contribution is 1.84. The van der Waals surface area contributed by atoms with Crippen LogP contribution in [0.2, 0.25) is 0 Å². The molecule has 1 atom stereocenters. The molecule has 0 aromatic heterocycles. The molecule has 1 fully saturated rings. The molecule has 0 saturated carbocycles. The number of piperazine rings is 1. The molecule has 1 heterocycles. The Morgan fingerprint density at radius 1 is 1.50 bits per heavy atom. The fourth-order valence-electron chi connectivity index (χ4n) is 0.794. The normalized spacial score (nSPS) is 30.4. The first-order chi connectivity index (χ1) is 3.93. The summed E-state index contributed by atoms with van der Waals surface area (Å²) in [5.74, 6) is 0. The maximum absolute atomic E-state index is 5.02. The van der Waals surface area contributed by atoms with Crippen LogP contribution < -0.4 is 10.6 Å².